The topological polar surface area (TPSA) is 78.6 Å². The molecule has 0 aliphatic carbocycles. The Morgan fingerprint density at radius 2 is 2.00 bits per heavy atom. The van der Waals surface area contributed by atoms with Crippen LogP contribution in [0.3, 0.4) is 0 Å². The molecule has 2 aromatic rings. The minimum absolute atomic E-state index is 0.00312. The first-order valence-corrected chi connectivity index (χ1v) is 9.11. The molecule has 0 unspecified atom stereocenters. The second kappa shape index (κ2) is 6.77. The number of fused-ring (bicyclic) bond motifs is 1. The molecule has 0 atom stereocenters. The van der Waals surface area contributed by atoms with E-state index in [1.807, 2.05) is 0 Å². The maximum atomic E-state index is 14.6. The van der Waals surface area contributed by atoms with Gasteiger partial charge in [-0.2, -0.15) is 4.98 Å². The number of nitrogens with zero attached hydrogens (tertiary/aromatic N) is 5. The van der Waals surface area contributed by atoms with Gasteiger partial charge in [0, 0.05) is 17.8 Å². The van der Waals surface area contributed by atoms with Gasteiger partial charge in [-0.25, -0.2) is 14.2 Å². The monoisotopic (exact) mass is 370 g/mol. The van der Waals surface area contributed by atoms with Gasteiger partial charge in [-0.3, -0.25) is 9.80 Å². The highest BCUT2D eigenvalue weighted by molar-refractivity contribution is 6.06. The smallest absolute Gasteiger partial charge is 0.330 e. The van der Waals surface area contributed by atoms with E-state index in [4.69, 9.17) is 5.73 Å². The third-order valence-electron chi connectivity index (χ3n) is 5.37. The van der Waals surface area contributed by atoms with Crippen molar-refractivity contribution in [3.63, 3.8) is 0 Å². The van der Waals surface area contributed by atoms with Crippen LogP contribution < -0.4 is 15.5 Å². The lowest BCUT2D eigenvalue weighted by Gasteiger charge is -2.43. The average molecular weight is 370 g/mol. The molecule has 2 N–H and O–H groups in total. The molecule has 2 aliphatic heterocycles. The zero-order valence-corrected chi connectivity index (χ0v) is 15.5. The van der Waals surface area contributed by atoms with Crippen molar-refractivity contribution in [2.45, 2.75) is 32.4 Å². The number of aryl methyl sites for hydroxylation is 1. The number of aromatic nitrogens is 2. The second-order valence-corrected chi connectivity index (χ2v) is 7.26. The highest BCUT2D eigenvalue weighted by Gasteiger charge is 2.39. The first kappa shape index (κ1) is 17.7. The predicted molar refractivity (Wildman–Crippen MR) is 102 cm³/mol. The molecule has 0 radical (unpaired) electrons. The standard InChI is InChI=1S/C19H23FN6O/c1-12-4-3-5-15(20)16(12)25-11-13-10-22-18(21)23-17(13)26(19(25)27)14-6-8-24(2)9-7-14/h3-5,10,14H,6-9,11H2,1-2H3,(H2,21,22,23). The van der Waals surface area contributed by atoms with Crippen LogP contribution >= 0.6 is 0 Å². The normalized spacial score (nSPS) is 18.7. The van der Waals surface area contributed by atoms with Crippen molar-refractivity contribution in [2.75, 3.05) is 35.7 Å². The summed E-state index contributed by atoms with van der Waals surface area (Å²) in [5.41, 5.74) is 7.58. The van der Waals surface area contributed by atoms with Crippen LogP contribution in [0.2, 0.25) is 0 Å². The SMILES string of the molecule is Cc1cccc(F)c1N1Cc2cnc(N)nc2N(C2CCN(C)CC2)C1=O. The fourth-order valence-electron chi connectivity index (χ4n) is 3.91. The molecule has 1 aromatic carbocycles. The number of rotatable bonds is 2. The van der Waals surface area contributed by atoms with E-state index in [1.165, 1.54) is 11.0 Å². The summed E-state index contributed by atoms with van der Waals surface area (Å²) in [6.07, 6.45) is 3.29. The van der Waals surface area contributed by atoms with Gasteiger partial charge in [-0.15, -0.1) is 0 Å². The molecular formula is C19H23FN6O. The number of nitrogen functional groups attached to an aromatic ring is 1. The molecule has 0 saturated carbocycles. The van der Waals surface area contributed by atoms with Crippen molar-refractivity contribution in [1.82, 2.24) is 14.9 Å². The van der Waals surface area contributed by atoms with E-state index >= 15 is 0 Å². The summed E-state index contributed by atoms with van der Waals surface area (Å²) < 4.78 is 14.6. The molecule has 4 rings (SSSR count). The molecule has 7 nitrogen and oxygen atoms in total. The summed E-state index contributed by atoms with van der Waals surface area (Å²) >= 11 is 0. The van der Waals surface area contributed by atoms with Crippen LogP contribution in [0.4, 0.5) is 26.6 Å². The Hall–Kier alpha value is -2.74. The molecule has 142 valence electrons. The van der Waals surface area contributed by atoms with Crippen molar-refractivity contribution in [2.24, 2.45) is 0 Å². The van der Waals surface area contributed by atoms with Gasteiger partial charge in [0.15, 0.2) is 0 Å². The summed E-state index contributed by atoms with van der Waals surface area (Å²) in [6.45, 7) is 3.81. The van der Waals surface area contributed by atoms with Gasteiger partial charge in [0.1, 0.15) is 11.6 Å². The van der Waals surface area contributed by atoms with Crippen LogP contribution in [-0.4, -0.2) is 47.1 Å². The van der Waals surface area contributed by atoms with Crippen LogP contribution in [0.5, 0.6) is 0 Å². The zero-order chi connectivity index (χ0) is 19.1. The molecule has 2 aliphatic rings. The molecule has 1 saturated heterocycles. The van der Waals surface area contributed by atoms with Gasteiger partial charge in [0.05, 0.1) is 12.2 Å². The Labute approximate surface area is 157 Å². The number of urea groups is 1. The molecule has 1 aromatic heterocycles. The number of piperidine rings is 1. The van der Waals surface area contributed by atoms with E-state index in [0.29, 0.717) is 17.1 Å². The van der Waals surface area contributed by atoms with Gasteiger partial charge in [0.25, 0.3) is 0 Å². The number of amides is 2. The number of hydrogen-bond donors (Lipinski definition) is 1. The van der Waals surface area contributed by atoms with Crippen molar-refractivity contribution in [3.8, 4) is 0 Å². The van der Waals surface area contributed by atoms with Crippen molar-refractivity contribution < 1.29 is 9.18 Å². The fraction of sp³-hybridized carbons (Fsp3) is 0.421. The molecular weight excluding hydrogens is 347 g/mol. The quantitative estimate of drug-likeness (QED) is 0.879. The van der Waals surface area contributed by atoms with E-state index in [-0.39, 0.29) is 24.6 Å². The molecule has 3 heterocycles. The van der Waals surface area contributed by atoms with E-state index in [2.05, 4.69) is 21.9 Å². The Kier molecular flexibility index (Phi) is 4.43. The number of carbonyl (C=O) groups is 1. The van der Waals surface area contributed by atoms with E-state index < -0.39 is 5.82 Å². The van der Waals surface area contributed by atoms with Crippen LogP contribution in [0, 0.1) is 12.7 Å². The minimum atomic E-state index is -0.411. The first-order chi connectivity index (χ1) is 13.0. The average Bonchev–Trinajstić information content (AvgIpc) is 2.63. The predicted octanol–water partition coefficient (Wildman–Crippen LogP) is 2.55. The molecule has 27 heavy (non-hydrogen) atoms. The summed E-state index contributed by atoms with van der Waals surface area (Å²) in [4.78, 5) is 27.3. The molecule has 8 heteroatoms. The number of halogens is 1. The summed E-state index contributed by atoms with van der Waals surface area (Å²) in [5, 5.41) is 0. The van der Waals surface area contributed by atoms with Crippen LogP contribution in [-0.2, 0) is 6.54 Å². The number of hydrogen-bond acceptors (Lipinski definition) is 5. The summed E-state index contributed by atoms with van der Waals surface area (Å²) in [5.74, 6) is 0.272. The number of anilines is 3. The van der Waals surface area contributed by atoms with E-state index in [0.717, 1.165) is 31.5 Å². The highest BCUT2D eigenvalue weighted by atomic mass is 19.1. The lowest BCUT2D eigenvalue weighted by molar-refractivity contribution is 0.228. The molecule has 1 fully saturated rings. The Morgan fingerprint density at radius 3 is 2.70 bits per heavy atom. The van der Waals surface area contributed by atoms with Crippen molar-refractivity contribution in [3.05, 3.63) is 41.3 Å². The minimum Gasteiger partial charge on any atom is -0.368 e. The molecule has 2 amide bonds. The third-order valence-corrected chi connectivity index (χ3v) is 5.37. The maximum absolute atomic E-state index is 14.6. The number of likely N-dealkylation sites (tertiary alicyclic amines) is 1. The van der Waals surface area contributed by atoms with Crippen molar-refractivity contribution in [1.29, 1.82) is 0 Å². The third kappa shape index (κ3) is 3.10. The fourth-order valence-corrected chi connectivity index (χ4v) is 3.91. The van der Waals surface area contributed by atoms with Gasteiger partial charge < -0.3 is 10.6 Å². The van der Waals surface area contributed by atoms with Gasteiger partial charge in [0.2, 0.25) is 5.95 Å². The zero-order valence-electron chi connectivity index (χ0n) is 15.5. The van der Waals surface area contributed by atoms with Gasteiger partial charge in [-0.05, 0) is 51.5 Å². The first-order valence-electron chi connectivity index (χ1n) is 9.11. The maximum Gasteiger partial charge on any atom is 0.330 e. The van der Waals surface area contributed by atoms with Crippen LogP contribution in [0.25, 0.3) is 0 Å². The van der Waals surface area contributed by atoms with Gasteiger partial charge in [-0.1, -0.05) is 12.1 Å². The van der Waals surface area contributed by atoms with E-state index in [9.17, 15) is 9.18 Å². The number of nitrogens with two attached hydrogens (primary N) is 1. The van der Waals surface area contributed by atoms with Crippen molar-refractivity contribution >= 4 is 23.5 Å². The lowest BCUT2D eigenvalue weighted by atomic mass is 10.0. The number of carbonyl (C=O) groups excluding carboxylic acids is 1. The highest BCUT2D eigenvalue weighted by Crippen LogP contribution is 2.36. The summed E-state index contributed by atoms with van der Waals surface area (Å²) in [7, 11) is 2.07. The molecule has 0 spiro atoms. The Balaban J connectivity index is 1.79. The van der Waals surface area contributed by atoms with E-state index in [1.54, 1.807) is 30.2 Å². The summed E-state index contributed by atoms with van der Waals surface area (Å²) in [6, 6.07) is 4.57. The molecule has 0 bridgehead atoms. The number of para-hydroxylation sites is 1. The van der Waals surface area contributed by atoms with Crippen LogP contribution in [0.1, 0.15) is 24.0 Å². The lowest BCUT2D eigenvalue weighted by Crippen LogP contribution is -2.55. The Bertz CT molecular complexity index is 860. The second-order valence-electron chi connectivity index (χ2n) is 7.26. The Morgan fingerprint density at radius 1 is 1.26 bits per heavy atom. The number of benzene rings is 1. The van der Waals surface area contributed by atoms with Crippen LogP contribution in [0.15, 0.2) is 24.4 Å². The van der Waals surface area contributed by atoms with Gasteiger partial charge >= 0.3 is 6.03 Å². The largest absolute Gasteiger partial charge is 0.368 e.